The molecule has 0 heterocycles. The molecule has 0 fully saturated rings. The van der Waals surface area contributed by atoms with Crippen LogP contribution in [0.1, 0.15) is 32.4 Å². The van der Waals surface area contributed by atoms with Gasteiger partial charge in [0.1, 0.15) is 11.6 Å². The summed E-state index contributed by atoms with van der Waals surface area (Å²) < 4.78 is 26.3. The average molecular weight is 237 g/mol. The fraction of sp³-hybridized carbons (Fsp3) is 0.429. The SMILES string of the molecule is C#CC(NC(C)c1ccc(F)cc1F)C(C)C. The Balaban J connectivity index is 2.83. The molecular weight excluding hydrogens is 220 g/mol. The second kappa shape index (κ2) is 5.79. The number of nitrogens with one attached hydrogen (secondary N) is 1. The number of hydrogen-bond donors (Lipinski definition) is 1. The monoisotopic (exact) mass is 237 g/mol. The topological polar surface area (TPSA) is 12.0 Å². The highest BCUT2D eigenvalue weighted by molar-refractivity contribution is 5.22. The lowest BCUT2D eigenvalue weighted by molar-refractivity contribution is 0.421. The summed E-state index contributed by atoms with van der Waals surface area (Å²) in [6, 6.07) is 3.19. The van der Waals surface area contributed by atoms with E-state index in [1.807, 2.05) is 20.8 Å². The van der Waals surface area contributed by atoms with Gasteiger partial charge in [0.25, 0.3) is 0 Å². The highest BCUT2D eigenvalue weighted by atomic mass is 19.1. The fourth-order valence-corrected chi connectivity index (χ4v) is 1.64. The molecule has 3 heteroatoms. The van der Waals surface area contributed by atoms with Gasteiger partial charge in [-0.25, -0.2) is 8.78 Å². The van der Waals surface area contributed by atoms with Crippen LogP contribution in [0.4, 0.5) is 8.78 Å². The Morgan fingerprint density at radius 2 is 1.88 bits per heavy atom. The van der Waals surface area contributed by atoms with Crippen LogP contribution < -0.4 is 5.32 Å². The van der Waals surface area contributed by atoms with Crippen LogP contribution >= 0.6 is 0 Å². The van der Waals surface area contributed by atoms with E-state index in [1.54, 1.807) is 0 Å². The van der Waals surface area contributed by atoms with Gasteiger partial charge in [0.05, 0.1) is 6.04 Å². The standard InChI is InChI=1S/C14H17F2N/c1-5-14(9(2)3)17-10(4)12-7-6-11(15)8-13(12)16/h1,6-10,14,17H,2-4H3. The van der Waals surface area contributed by atoms with Crippen LogP contribution in [0.5, 0.6) is 0 Å². The molecule has 1 nitrogen and oxygen atoms in total. The minimum Gasteiger partial charge on any atom is -0.297 e. The smallest absolute Gasteiger partial charge is 0.130 e. The van der Waals surface area contributed by atoms with Crippen molar-refractivity contribution in [2.24, 2.45) is 5.92 Å². The van der Waals surface area contributed by atoms with Crippen LogP contribution in [0.3, 0.4) is 0 Å². The molecule has 0 aliphatic carbocycles. The molecule has 1 aromatic carbocycles. The highest BCUT2D eigenvalue weighted by Gasteiger charge is 2.17. The summed E-state index contributed by atoms with van der Waals surface area (Å²) in [5.74, 6) is 1.76. The van der Waals surface area contributed by atoms with Crippen molar-refractivity contribution in [3.8, 4) is 12.3 Å². The lowest BCUT2D eigenvalue weighted by Crippen LogP contribution is -2.34. The molecule has 0 radical (unpaired) electrons. The first-order valence-electron chi connectivity index (χ1n) is 5.62. The maximum absolute atomic E-state index is 13.5. The number of benzene rings is 1. The third kappa shape index (κ3) is 3.54. The molecule has 2 atom stereocenters. The number of hydrogen-bond acceptors (Lipinski definition) is 1. The predicted octanol–water partition coefficient (Wildman–Crippen LogP) is 3.27. The van der Waals surface area contributed by atoms with Crippen LogP contribution in [-0.2, 0) is 0 Å². The van der Waals surface area contributed by atoms with Crippen molar-refractivity contribution in [3.63, 3.8) is 0 Å². The van der Waals surface area contributed by atoms with Crippen molar-refractivity contribution in [3.05, 3.63) is 35.4 Å². The molecule has 0 saturated heterocycles. The average Bonchev–Trinajstić information content (AvgIpc) is 2.24. The van der Waals surface area contributed by atoms with Crippen molar-refractivity contribution < 1.29 is 8.78 Å². The zero-order valence-electron chi connectivity index (χ0n) is 10.3. The van der Waals surface area contributed by atoms with E-state index in [2.05, 4.69) is 11.2 Å². The van der Waals surface area contributed by atoms with Crippen LogP contribution in [0, 0.1) is 29.9 Å². The van der Waals surface area contributed by atoms with Crippen molar-refractivity contribution >= 4 is 0 Å². The van der Waals surface area contributed by atoms with E-state index in [0.717, 1.165) is 6.07 Å². The molecule has 0 amide bonds. The molecule has 1 aromatic rings. The van der Waals surface area contributed by atoms with Gasteiger partial charge in [-0.2, -0.15) is 0 Å². The maximum Gasteiger partial charge on any atom is 0.130 e. The zero-order chi connectivity index (χ0) is 13.0. The van der Waals surface area contributed by atoms with E-state index in [9.17, 15) is 8.78 Å². The summed E-state index contributed by atoms with van der Waals surface area (Å²) in [4.78, 5) is 0. The van der Waals surface area contributed by atoms with E-state index < -0.39 is 11.6 Å². The minimum atomic E-state index is -0.573. The molecule has 1 rings (SSSR count). The molecular formula is C14H17F2N. The van der Waals surface area contributed by atoms with Gasteiger partial charge in [0.2, 0.25) is 0 Å². The first-order valence-corrected chi connectivity index (χ1v) is 5.62. The quantitative estimate of drug-likeness (QED) is 0.792. The van der Waals surface area contributed by atoms with E-state index in [1.165, 1.54) is 12.1 Å². The van der Waals surface area contributed by atoms with E-state index >= 15 is 0 Å². The molecule has 1 N–H and O–H groups in total. The van der Waals surface area contributed by atoms with Gasteiger partial charge in [-0.1, -0.05) is 25.8 Å². The first kappa shape index (κ1) is 13.7. The molecule has 0 aromatic heterocycles. The normalized spacial score (nSPS) is 14.4. The number of rotatable bonds is 4. The molecule has 0 saturated carbocycles. The molecule has 92 valence electrons. The third-order valence-corrected chi connectivity index (χ3v) is 2.70. The van der Waals surface area contributed by atoms with Gasteiger partial charge in [-0.05, 0) is 18.9 Å². The largest absolute Gasteiger partial charge is 0.297 e. The summed E-state index contributed by atoms with van der Waals surface area (Å²) in [5, 5.41) is 3.14. The molecule has 0 aliphatic heterocycles. The van der Waals surface area contributed by atoms with Crippen LogP contribution in [0.25, 0.3) is 0 Å². The Kier molecular flexibility index (Phi) is 4.65. The first-order chi connectivity index (χ1) is 7.95. The van der Waals surface area contributed by atoms with Crippen LogP contribution in [0.2, 0.25) is 0 Å². The van der Waals surface area contributed by atoms with Crippen LogP contribution in [0.15, 0.2) is 18.2 Å². The van der Waals surface area contributed by atoms with Gasteiger partial charge in [-0.15, -0.1) is 6.42 Å². The Morgan fingerprint density at radius 3 is 2.35 bits per heavy atom. The summed E-state index contributed by atoms with van der Waals surface area (Å²) in [7, 11) is 0. The van der Waals surface area contributed by atoms with Gasteiger partial charge in [0, 0.05) is 17.7 Å². The Bertz CT molecular complexity index is 421. The number of halogens is 2. The second-order valence-electron chi connectivity index (χ2n) is 4.44. The van der Waals surface area contributed by atoms with Crippen molar-refractivity contribution in [2.75, 3.05) is 0 Å². The minimum absolute atomic E-state index is 0.130. The van der Waals surface area contributed by atoms with Crippen molar-refractivity contribution in [1.82, 2.24) is 5.32 Å². The summed E-state index contributed by atoms with van der Waals surface area (Å²) >= 11 is 0. The van der Waals surface area contributed by atoms with Crippen molar-refractivity contribution in [2.45, 2.75) is 32.9 Å². The molecule has 17 heavy (non-hydrogen) atoms. The predicted molar refractivity (Wildman–Crippen MR) is 65.4 cm³/mol. The van der Waals surface area contributed by atoms with Crippen LogP contribution in [-0.4, -0.2) is 6.04 Å². The third-order valence-electron chi connectivity index (χ3n) is 2.70. The second-order valence-corrected chi connectivity index (χ2v) is 4.44. The Labute approximate surface area is 101 Å². The number of terminal acetylenes is 1. The zero-order valence-corrected chi connectivity index (χ0v) is 10.3. The van der Waals surface area contributed by atoms with Gasteiger partial charge >= 0.3 is 0 Å². The lowest BCUT2D eigenvalue weighted by Gasteiger charge is -2.22. The lowest BCUT2D eigenvalue weighted by atomic mass is 10.0. The maximum atomic E-state index is 13.5. The van der Waals surface area contributed by atoms with E-state index in [-0.39, 0.29) is 18.0 Å². The molecule has 0 spiro atoms. The van der Waals surface area contributed by atoms with E-state index in [4.69, 9.17) is 6.42 Å². The molecule has 0 aliphatic rings. The fourth-order valence-electron chi connectivity index (χ4n) is 1.64. The summed E-state index contributed by atoms with van der Waals surface area (Å²) in [6.07, 6.45) is 5.40. The van der Waals surface area contributed by atoms with Gasteiger partial charge in [-0.3, -0.25) is 5.32 Å². The Morgan fingerprint density at radius 1 is 1.24 bits per heavy atom. The summed E-state index contributed by atoms with van der Waals surface area (Å²) in [5.41, 5.74) is 0.423. The van der Waals surface area contributed by atoms with Crippen molar-refractivity contribution in [1.29, 1.82) is 0 Å². The van der Waals surface area contributed by atoms with E-state index in [0.29, 0.717) is 5.56 Å². The highest BCUT2D eigenvalue weighted by Crippen LogP contribution is 2.19. The molecule has 2 unspecified atom stereocenters. The summed E-state index contributed by atoms with van der Waals surface area (Å²) in [6.45, 7) is 5.79. The van der Waals surface area contributed by atoms with Gasteiger partial charge in [0.15, 0.2) is 0 Å². The molecule has 0 bridgehead atoms. The van der Waals surface area contributed by atoms with Gasteiger partial charge < -0.3 is 0 Å². The Hall–Kier alpha value is -1.40.